The van der Waals surface area contributed by atoms with E-state index in [0.29, 0.717) is 48.9 Å². The first-order valence-electron chi connectivity index (χ1n) is 9.20. The summed E-state index contributed by atoms with van der Waals surface area (Å²) in [4.78, 5) is 28.1. The minimum Gasteiger partial charge on any atom is -0.484 e. The monoisotopic (exact) mass is 404 g/mol. The maximum atomic E-state index is 13.6. The number of hydrogen-bond acceptors (Lipinski definition) is 3. The van der Waals surface area contributed by atoms with E-state index in [1.54, 1.807) is 52.3 Å². The molecular formula is C21H22ClFN2O3. The van der Waals surface area contributed by atoms with Crippen molar-refractivity contribution in [3.8, 4) is 5.75 Å². The Balaban J connectivity index is 1.40. The van der Waals surface area contributed by atoms with Gasteiger partial charge in [0.2, 0.25) is 5.91 Å². The van der Waals surface area contributed by atoms with Gasteiger partial charge in [-0.05, 0) is 42.3 Å². The van der Waals surface area contributed by atoms with Crippen molar-refractivity contribution in [2.45, 2.75) is 12.8 Å². The van der Waals surface area contributed by atoms with Crippen molar-refractivity contribution in [1.29, 1.82) is 0 Å². The van der Waals surface area contributed by atoms with Gasteiger partial charge in [0.25, 0.3) is 5.91 Å². The van der Waals surface area contributed by atoms with E-state index in [9.17, 15) is 14.0 Å². The number of benzene rings is 2. The Morgan fingerprint density at radius 1 is 0.929 bits per heavy atom. The molecule has 0 saturated carbocycles. The predicted octanol–water partition coefficient (Wildman–Crippen LogP) is 3.16. The lowest BCUT2D eigenvalue weighted by molar-refractivity contribution is -0.140. The molecule has 28 heavy (non-hydrogen) atoms. The molecule has 0 atom stereocenters. The third-order valence-corrected chi connectivity index (χ3v) is 4.98. The summed E-state index contributed by atoms with van der Waals surface area (Å²) in [6.45, 7) is 1.83. The van der Waals surface area contributed by atoms with Gasteiger partial charge in [-0.15, -0.1) is 0 Å². The minimum atomic E-state index is -0.286. The number of carbonyl (C=O) groups is 2. The Kier molecular flexibility index (Phi) is 6.87. The molecular weight excluding hydrogens is 383 g/mol. The van der Waals surface area contributed by atoms with Crippen LogP contribution in [0.5, 0.6) is 5.75 Å². The van der Waals surface area contributed by atoms with Gasteiger partial charge in [-0.3, -0.25) is 9.59 Å². The number of hydrogen-bond donors (Lipinski definition) is 0. The second kappa shape index (κ2) is 9.55. The first kappa shape index (κ1) is 20.1. The van der Waals surface area contributed by atoms with Crippen LogP contribution in [-0.4, -0.2) is 54.4 Å². The van der Waals surface area contributed by atoms with Crippen molar-refractivity contribution in [2.24, 2.45) is 0 Å². The fraction of sp³-hybridized carbons (Fsp3) is 0.333. The Hall–Kier alpha value is -2.60. The molecule has 5 nitrogen and oxygen atoms in total. The van der Waals surface area contributed by atoms with E-state index in [4.69, 9.17) is 16.3 Å². The van der Waals surface area contributed by atoms with Gasteiger partial charge in [-0.2, -0.15) is 0 Å². The van der Waals surface area contributed by atoms with Crippen molar-refractivity contribution in [3.05, 3.63) is 64.9 Å². The lowest BCUT2D eigenvalue weighted by atomic mass is 10.1. The number of nitrogens with zero attached hydrogens (tertiary/aromatic N) is 2. The average Bonchev–Trinajstić information content (AvgIpc) is 2.72. The summed E-state index contributed by atoms with van der Waals surface area (Å²) in [6, 6.07) is 13.3. The molecule has 3 rings (SSSR count). The molecule has 1 saturated heterocycles. The summed E-state index contributed by atoms with van der Waals surface area (Å²) in [5, 5.41) is 0.606. The molecule has 0 N–H and O–H groups in total. The lowest BCUT2D eigenvalue weighted by Gasteiger charge is -2.34. The SMILES string of the molecule is O=C(CCc1ccccc1F)N1CCN(C(=O)COc2ccc(Cl)cc2)CC1. The van der Waals surface area contributed by atoms with Crippen LogP contribution >= 0.6 is 11.6 Å². The van der Waals surface area contributed by atoms with Gasteiger partial charge in [0.05, 0.1) is 0 Å². The molecule has 148 valence electrons. The Morgan fingerprint density at radius 2 is 1.54 bits per heavy atom. The van der Waals surface area contributed by atoms with E-state index in [1.807, 2.05) is 0 Å². The molecule has 2 aromatic rings. The third-order valence-electron chi connectivity index (χ3n) is 4.73. The first-order valence-corrected chi connectivity index (χ1v) is 9.58. The van der Waals surface area contributed by atoms with E-state index in [2.05, 4.69) is 0 Å². The van der Waals surface area contributed by atoms with Crippen LogP contribution in [0, 0.1) is 5.82 Å². The summed E-state index contributed by atoms with van der Waals surface area (Å²) in [6.07, 6.45) is 0.633. The molecule has 1 heterocycles. The Bertz CT molecular complexity index is 821. The molecule has 0 radical (unpaired) electrons. The molecule has 1 aliphatic rings. The van der Waals surface area contributed by atoms with Crippen LogP contribution in [0.2, 0.25) is 5.02 Å². The first-order chi connectivity index (χ1) is 13.5. The molecule has 0 spiro atoms. The number of halogens is 2. The summed E-state index contributed by atoms with van der Waals surface area (Å²) in [5.41, 5.74) is 0.545. The molecule has 2 aromatic carbocycles. The number of ether oxygens (including phenoxy) is 1. The number of rotatable bonds is 6. The molecule has 1 fully saturated rings. The molecule has 0 aliphatic carbocycles. The number of piperazine rings is 1. The Labute approximate surface area is 168 Å². The molecule has 7 heteroatoms. The number of aryl methyl sites for hydroxylation is 1. The van der Waals surface area contributed by atoms with Crippen molar-refractivity contribution in [2.75, 3.05) is 32.8 Å². The number of amides is 2. The normalized spacial score (nSPS) is 14.1. The van der Waals surface area contributed by atoms with Crippen molar-refractivity contribution in [3.63, 3.8) is 0 Å². The highest BCUT2D eigenvalue weighted by atomic mass is 35.5. The zero-order valence-corrected chi connectivity index (χ0v) is 16.2. The highest BCUT2D eigenvalue weighted by Crippen LogP contribution is 2.16. The summed E-state index contributed by atoms with van der Waals surface area (Å²) in [7, 11) is 0. The number of carbonyl (C=O) groups excluding carboxylic acids is 2. The van der Waals surface area contributed by atoms with Crippen LogP contribution in [0.1, 0.15) is 12.0 Å². The quantitative estimate of drug-likeness (QED) is 0.743. The van der Waals surface area contributed by atoms with E-state index in [-0.39, 0.29) is 30.7 Å². The van der Waals surface area contributed by atoms with Gasteiger partial charge < -0.3 is 14.5 Å². The van der Waals surface area contributed by atoms with E-state index in [1.165, 1.54) is 6.07 Å². The second-order valence-corrected chi connectivity index (χ2v) is 7.03. The van der Waals surface area contributed by atoms with Gasteiger partial charge in [-0.1, -0.05) is 29.8 Å². The van der Waals surface area contributed by atoms with Gasteiger partial charge in [-0.25, -0.2) is 4.39 Å². The molecule has 1 aliphatic heterocycles. The van der Waals surface area contributed by atoms with Crippen molar-refractivity contribution < 1.29 is 18.7 Å². The van der Waals surface area contributed by atoms with Gasteiger partial charge >= 0.3 is 0 Å². The zero-order chi connectivity index (χ0) is 19.9. The second-order valence-electron chi connectivity index (χ2n) is 6.60. The predicted molar refractivity (Wildman–Crippen MR) is 105 cm³/mol. The molecule has 0 aromatic heterocycles. The summed E-state index contributed by atoms with van der Waals surface area (Å²) in [5.74, 6) is 0.160. The Morgan fingerprint density at radius 3 is 2.18 bits per heavy atom. The fourth-order valence-corrected chi connectivity index (χ4v) is 3.20. The molecule has 0 bridgehead atoms. The minimum absolute atomic E-state index is 0.0206. The molecule has 0 unspecified atom stereocenters. The maximum Gasteiger partial charge on any atom is 0.260 e. The zero-order valence-electron chi connectivity index (χ0n) is 15.4. The third kappa shape index (κ3) is 5.45. The summed E-state index contributed by atoms with van der Waals surface area (Å²) >= 11 is 5.82. The standard InChI is InChI=1S/C21H22ClFN2O3/c22-17-6-8-18(9-7-17)28-15-21(27)25-13-11-24(12-14-25)20(26)10-5-16-3-1-2-4-19(16)23/h1-4,6-9H,5,10-15H2. The lowest BCUT2D eigenvalue weighted by Crippen LogP contribution is -2.51. The van der Waals surface area contributed by atoms with Crippen LogP contribution in [0.25, 0.3) is 0 Å². The van der Waals surface area contributed by atoms with Crippen molar-refractivity contribution in [1.82, 2.24) is 9.80 Å². The van der Waals surface area contributed by atoms with Crippen LogP contribution in [0.15, 0.2) is 48.5 Å². The van der Waals surface area contributed by atoms with Crippen LogP contribution in [0.4, 0.5) is 4.39 Å². The van der Waals surface area contributed by atoms with Gasteiger partial charge in [0, 0.05) is 37.6 Å². The van der Waals surface area contributed by atoms with Crippen LogP contribution in [-0.2, 0) is 16.0 Å². The van der Waals surface area contributed by atoms with Gasteiger partial charge in [0.1, 0.15) is 11.6 Å². The summed E-state index contributed by atoms with van der Waals surface area (Å²) < 4.78 is 19.1. The molecule has 2 amide bonds. The highest BCUT2D eigenvalue weighted by molar-refractivity contribution is 6.30. The highest BCUT2D eigenvalue weighted by Gasteiger charge is 2.24. The fourth-order valence-electron chi connectivity index (χ4n) is 3.07. The maximum absolute atomic E-state index is 13.6. The average molecular weight is 405 g/mol. The smallest absolute Gasteiger partial charge is 0.260 e. The van der Waals surface area contributed by atoms with Crippen molar-refractivity contribution >= 4 is 23.4 Å². The topological polar surface area (TPSA) is 49.9 Å². The van der Waals surface area contributed by atoms with Gasteiger partial charge in [0.15, 0.2) is 6.61 Å². The van der Waals surface area contributed by atoms with Crippen LogP contribution in [0.3, 0.4) is 0 Å². The van der Waals surface area contributed by atoms with E-state index < -0.39 is 0 Å². The van der Waals surface area contributed by atoms with E-state index >= 15 is 0 Å². The largest absolute Gasteiger partial charge is 0.484 e. The van der Waals surface area contributed by atoms with E-state index in [0.717, 1.165) is 0 Å². The van der Waals surface area contributed by atoms with Crippen LogP contribution < -0.4 is 4.74 Å².